The van der Waals surface area contributed by atoms with Crippen molar-refractivity contribution < 1.29 is 26.3 Å². The average molecular weight is 415 g/mol. The summed E-state index contributed by atoms with van der Waals surface area (Å²) in [5.74, 6) is 1.05. The van der Waals surface area contributed by atoms with Crippen LogP contribution in [-0.4, -0.2) is 41.9 Å². The number of aryl methyl sites for hydroxylation is 2. The Balaban J connectivity index is 1.65. The number of hydrogen-bond acceptors (Lipinski definition) is 5. The Hall–Kier alpha value is -2.20. The standard InChI is InChI=1S/C18H20F3N3O3S/c1-12-11-17(23-13(2)22-12)27-15-7-9-24(10-8-15)28(25,26)16-5-3-14(4-6-16)18(19,20)21/h3-6,11,15H,7-10H2,1-2H3. The maximum Gasteiger partial charge on any atom is 0.416 e. The molecule has 0 spiro atoms. The van der Waals surface area contributed by atoms with Gasteiger partial charge in [-0.05, 0) is 51.0 Å². The monoisotopic (exact) mass is 415 g/mol. The molecule has 1 saturated heterocycles. The Morgan fingerprint density at radius 1 is 1.07 bits per heavy atom. The van der Waals surface area contributed by atoms with E-state index in [2.05, 4.69) is 9.97 Å². The van der Waals surface area contributed by atoms with Crippen LogP contribution in [0.4, 0.5) is 13.2 Å². The van der Waals surface area contributed by atoms with E-state index in [-0.39, 0.29) is 24.1 Å². The molecule has 10 heteroatoms. The summed E-state index contributed by atoms with van der Waals surface area (Å²) in [6.07, 6.45) is -3.77. The number of alkyl halides is 3. The van der Waals surface area contributed by atoms with Gasteiger partial charge >= 0.3 is 6.18 Å². The third-order valence-corrected chi connectivity index (χ3v) is 6.36. The number of nitrogens with zero attached hydrogens (tertiary/aromatic N) is 3. The molecule has 0 bridgehead atoms. The largest absolute Gasteiger partial charge is 0.474 e. The zero-order chi connectivity index (χ0) is 20.5. The average Bonchev–Trinajstić information content (AvgIpc) is 2.61. The van der Waals surface area contributed by atoms with Crippen LogP contribution in [0, 0.1) is 13.8 Å². The minimum atomic E-state index is -4.50. The fourth-order valence-corrected chi connectivity index (χ4v) is 4.54. The van der Waals surface area contributed by atoms with Gasteiger partial charge in [0.05, 0.1) is 10.5 Å². The van der Waals surface area contributed by atoms with Gasteiger partial charge in [0, 0.05) is 24.8 Å². The predicted octanol–water partition coefficient (Wildman–Crippen LogP) is 3.34. The summed E-state index contributed by atoms with van der Waals surface area (Å²) in [6, 6.07) is 5.27. The quantitative estimate of drug-likeness (QED) is 0.766. The van der Waals surface area contributed by atoms with Gasteiger partial charge in [-0.15, -0.1) is 0 Å². The molecule has 28 heavy (non-hydrogen) atoms. The maximum absolute atomic E-state index is 12.7. The number of sulfonamides is 1. The highest BCUT2D eigenvalue weighted by Gasteiger charge is 2.33. The van der Waals surface area contributed by atoms with Crippen LogP contribution in [0.25, 0.3) is 0 Å². The number of piperidine rings is 1. The topological polar surface area (TPSA) is 72.4 Å². The molecule has 0 amide bonds. The van der Waals surface area contributed by atoms with Crippen LogP contribution in [0.3, 0.4) is 0 Å². The predicted molar refractivity (Wildman–Crippen MR) is 95.4 cm³/mol. The number of ether oxygens (including phenoxy) is 1. The molecule has 1 aliphatic heterocycles. The van der Waals surface area contributed by atoms with Crippen molar-refractivity contribution in [2.75, 3.05) is 13.1 Å². The first-order chi connectivity index (χ1) is 13.1. The number of hydrogen-bond donors (Lipinski definition) is 0. The molecule has 0 unspecified atom stereocenters. The number of halogens is 3. The zero-order valence-electron chi connectivity index (χ0n) is 15.4. The highest BCUT2D eigenvalue weighted by Crippen LogP contribution is 2.30. The fraction of sp³-hybridized carbons (Fsp3) is 0.444. The molecule has 0 radical (unpaired) electrons. The van der Waals surface area contributed by atoms with Crippen molar-refractivity contribution in [2.45, 2.75) is 43.9 Å². The molecule has 1 fully saturated rings. The lowest BCUT2D eigenvalue weighted by Crippen LogP contribution is -2.41. The van der Waals surface area contributed by atoms with Gasteiger partial charge in [-0.2, -0.15) is 22.5 Å². The molecule has 1 aliphatic rings. The van der Waals surface area contributed by atoms with Gasteiger partial charge in [0.25, 0.3) is 0 Å². The summed E-state index contributed by atoms with van der Waals surface area (Å²) < 4.78 is 70.5. The molecule has 1 aromatic carbocycles. The lowest BCUT2D eigenvalue weighted by atomic mass is 10.1. The van der Waals surface area contributed by atoms with Gasteiger partial charge in [0.15, 0.2) is 0 Å². The van der Waals surface area contributed by atoms with Gasteiger partial charge in [-0.25, -0.2) is 13.4 Å². The summed E-state index contributed by atoms with van der Waals surface area (Å²) in [6.45, 7) is 4.04. The third-order valence-electron chi connectivity index (χ3n) is 4.45. The molecule has 0 atom stereocenters. The normalized spacial score (nSPS) is 16.9. The summed E-state index contributed by atoms with van der Waals surface area (Å²) in [4.78, 5) is 8.24. The lowest BCUT2D eigenvalue weighted by molar-refractivity contribution is -0.137. The first-order valence-corrected chi connectivity index (χ1v) is 10.2. The van der Waals surface area contributed by atoms with Crippen molar-refractivity contribution in [2.24, 2.45) is 0 Å². The van der Waals surface area contributed by atoms with E-state index >= 15 is 0 Å². The highest BCUT2D eigenvalue weighted by atomic mass is 32.2. The molecule has 1 aromatic heterocycles. The van der Waals surface area contributed by atoms with Crippen molar-refractivity contribution in [1.82, 2.24) is 14.3 Å². The van der Waals surface area contributed by atoms with Gasteiger partial charge < -0.3 is 4.74 Å². The van der Waals surface area contributed by atoms with Gasteiger partial charge in [0.2, 0.25) is 15.9 Å². The van der Waals surface area contributed by atoms with Crippen molar-refractivity contribution in [3.63, 3.8) is 0 Å². The SMILES string of the molecule is Cc1cc(OC2CCN(S(=O)(=O)c3ccc(C(F)(F)F)cc3)CC2)nc(C)n1. The van der Waals surface area contributed by atoms with E-state index in [4.69, 9.17) is 4.74 Å². The zero-order valence-corrected chi connectivity index (χ0v) is 16.2. The molecular weight excluding hydrogens is 395 g/mol. The maximum atomic E-state index is 12.7. The van der Waals surface area contributed by atoms with E-state index in [1.165, 1.54) is 4.31 Å². The second kappa shape index (κ2) is 7.67. The number of aromatic nitrogens is 2. The van der Waals surface area contributed by atoms with E-state index in [1.807, 2.05) is 6.92 Å². The van der Waals surface area contributed by atoms with Gasteiger partial charge in [0.1, 0.15) is 11.9 Å². The summed E-state index contributed by atoms with van der Waals surface area (Å²) in [5, 5.41) is 0. The van der Waals surface area contributed by atoms with Crippen LogP contribution in [0.15, 0.2) is 35.2 Å². The van der Waals surface area contributed by atoms with Crippen LogP contribution in [0.5, 0.6) is 5.88 Å². The second-order valence-corrected chi connectivity index (χ2v) is 8.58. The molecule has 3 rings (SSSR count). The molecule has 2 aromatic rings. The van der Waals surface area contributed by atoms with E-state index in [9.17, 15) is 21.6 Å². The molecular formula is C18H20F3N3O3S. The van der Waals surface area contributed by atoms with E-state index in [0.29, 0.717) is 24.5 Å². The molecule has 0 N–H and O–H groups in total. The van der Waals surface area contributed by atoms with Crippen LogP contribution in [0.1, 0.15) is 29.9 Å². The van der Waals surface area contributed by atoms with Crippen molar-refractivity contribution in [3.05, 3.63) is 47.4 Å². The van der Waals surface area contributed by atoms with Crippen molar-refractivity contribution in [1.29, 1.82) is 0 Å². The van der Waals surface area contributed by atoms with Crippen LogP contribution >= 0.6 is 0 Å². The highest BCUT2D eigenvalue weighted by molar-refractivity contribution is 7.89. The second-order valence-electron chi connectivity index (χ2n) is 6.64. The smallest absolute Gasteiger partial charge is 0.416 e. The van der Waals surface area contributed by atoms with Gasteiger partial charge in [-0.1, -0.05) is 0 Å². The molecule has 0 aliphatic carbocycles. The molecule has 2 heterocycles. The Morgan fingerprint density at radius 2 is 1.68 bits per heavy atom. The summed E-state index contributed by atoms with van der Waals surface area (Å²) >= 11 is 0. The Labute approximate surface area is 161 Å². The molecule has 0 saturated carbocycles. The van der Waals surface area contributed by atoms with Crippen LogP contribution < -0.4 is 4.74 Å². The van der Waals surface area contributed by atoms with Crippen LogP contribution in [0.2, 0.25) is 0 Å². The van der Waals surface area contributed by atoms with E-state index in [1.54, 1.807) is 13.0 Å². The van der Waals surface area contributed by atoms with Crippen LogP contribution in [-0.2, 0) is 16.2 Å². The first-order valence-electron chi connectivity index (χ1n) is 8.72. The first kappa shape index (κ1) is 20.5. The minimum Gasteiger partial charge on any atom is -0.474 e. The van der Waals surface area contributed by atoms with E-state index in [0.717, 1.165) is 30.0 Å². The molecule has 6 nitrogen and oxygen atoms in total. The molecule has 152 valence electrons. The summed E-state index contributed by atoms with van der Waals surface area (Å²) in [7, 11) is -3.85. The third kappa shape index (κ3) is 4.61. The Morgan fingerprint density at radius 3 is 2.21 bits per heavy atom. The number of rotatable bonds is 4. The Kier molecular flexibility index (Phi) is 5.62. The summed E-state index contributed by atoms with van der Waals surface area (Å²) in [5.41, 5.74) is -0.0983. The Bertz CT molecular complexity index is 919. The number of benzene rings is 1. The van der Waals surface area contributed by atoms with Crippen molar-refractivity contribution in [3.8, 4) is 5.88 Å². The lowest BCUT2D eigenvalue weighted by Gasteiger charge is -2.31. The fourth-order valence-electron chi connectivity index (χ4n) is 3.07. The van der Waals surface area contributed by atoms with E-state index < -0.39 is 21.8 Å². The minimum absolute atomic E-state index is 0.151. The van der Waals surface area contributed by atoms with Crippen molar-refractivity contribution >= 4 is 10.0 Å². The van der Waals surface area contributed by atoms with Gasteiger partial charge in [-0.3, -0.25) is 0 Å².